The average Bonchev–Trinajstić information content (AvgIpc) is 3.18. The Balaban J connectivity index is 1.59. The molecule has 1 aliphatic heterocycles. The van der Waals surface area contributed by atoms with Gasteiger partial charge in [0, 0.05) is 24.3 Å². The molecule has 0 unspecified atom stereocenters. The lowest BCUT2D eigenvalue weighted by molar-refractivity contribution is -0.118. The number of anilines is 2. The summed E-state index contributed by atoms with van der Waals surface area (Å²) in [7, 11) is 0. The summed E-state index contributed by atoms with van der Waals surface area (Å²) in [4.78, 5) is 26.1. The fourth-order valence-corrected chi connectivity index (χ4v) is 3.15. The van der Waals surface area contributed by atoms with Crippen LogP contribution in [0.4, 0.5) is 11.4 Å². The Kier molecular flexibility index (Phi) is 3.08. The number of rotatable bonds is 3. The standard InChI is InChI=1S/C18H16N2O3/c1-2-20-15-6-4-12(9-11(15)3-8-17(20)21)19-18(22)14-10-13-5-7-16(14)23-13/h4-7,9-10H,2-3,8H2,1H3,(H,19,22). The molecule has 2 aromatic heterocycles. The van der Waals surface area contributed by atoms with E-state index in [0.29, 0.717) is 36.1 Å². The van der Waals surface area contributed by atoms with Gasteiger partial charge in [0.15, 0.2) is 0 Å². The van der Waals surface area contributed by atoms with Crippen molar-refractivity contribution in [3.63, 3.8) is 0 Å². The Morgan fingerprint density at radius 2 is 2.09 bits per heavy atom. The van der Waals surface area contributed by atoms with Crippen LogP contribution in [0.5, 0.6) is 0 Å². The van der Waals surface area contributed by atoms with E-state index in [0.717, 1.165) is 16.9 Å². The Morgan fingerprint density at radius 3 is 2.78 bits per heavy atom. The number of hydrogen-bond acceptors (Lipinski definition) is 3. The number of nitrogens with one attached hydrogen (secondary N) is 1. The maximum atomic E-state index is 12.4. The van der Waals surface area contributed by atoms with Gasteiger partial charge in [-0.25, -0.2) is 0 Å². The number of carbonyl (C=O) groups excluding carboxylic acids is 2. The van der Waals surface area contributed by atoms with Crippen LogP contribution in [0.3, 0.4) is 0 Å². The zero-order valence-corrected chi connectivity index (χ0v) is 12.8. The molecule has 0 saturated carbocycles. The van der Waals surface area contributed by atoms with Crippen molar-refractivity contribution in [3.05, 3.63) is 47.5 Å². The second-order valence-corrected chi connectivity index (χ2v) is 5.70. The molecule has 116 valence electrons. The summed E-state index contributed by atoms with van der Waals surface area (Å²) >= 11 is 0. The molecule has 0 atom stereocenters. The highest BCUT2D eigenvalue weighted by Gasteiger charge is 2.23. The molecule has 1 N–H and O–H groups in total. The molecular formula is C18H16N2O3. The third-order valence-electron chi connectivity index (χ3n) is 4.28. The summed E-state index contributed by atoms with van der Waals surface area (Å²) in [5.41, 5.74) is 4.61. The van der Waals surface area contributed by atoms with Crippen molar-refractivity contribution in [2.24, 2.45) is 0 Å². The molecule has 5 nitrogen and oxygen atoms in total. The van der Waals surface area contributed by atoms with Gasteiger partial charge in [-0.1, -0.05) is 0 Å². The first-order chi connectivity index (χ1) is 11.2. The molecule has 4 rings (SSSR count). The predicted molar refractivity (Wildman–Crippen MR) is 88.1 cm³/mol. The SMILES string of the molecule is CCN1C(=O)CCc2cc(NC(=O)c3cc4ccc3o4)ccc21. The van der Waals surface area contributed by atoms with E-state index in [9.17, 15) is 9.59 Å². The summed E-state index contributed by atoms with van der Waals surface area (Å²) in [6.45, 7) is 2.62. The Hall–Kier alpha value is -2.82. The van der Waals surface area contributed by atoms with Gasteiger partial charge >= 0.3 is 0 Å². The van der Waals surface area contributed by atoms with Crippen LogP contribution in [-0.4, -0.2) is 18.4 Å². The van der Waals surface area contributed by atoms with Gasteiger partial charge < -0.3 is 14.6 Å². The molecular weight excluding hydrogens is 292 g/mol. The summed E-state index contributed by atoms with van der Waals surface area (Å²) in [5, 5.41) is 2.90. The van der Waals surface area contributed by atoms with Gasteiger partial charge in [0.1, 0.15) is 11.2 Å². The molecule has 2 bridgehead atoms. The Morgan fingerprint density at radius 1 is 1.22 bits per heavy atom. The van der Waals surface area contributed by atoms with E-state index in [-0.39, 0.29) is 11.8 Å². The number of aryl methyl sites for hydroxylation is 1. The molecule has 3 heterocycles. The van der Waals surface area contributed by atoms with Crippen molar-refractivity contribution < 1.29 is 14.0 Å². The summed E-state index contributed by atoms with van der Waals surface area (Å²) < 4.78 is 5.40. The van der Waals surface area contributed by atoms with Gasteiger partial charge in [-0.05, 0) is 55.3 Å². The lowest BCUT2D eigenvalue weighted by Crippen LogP contribution is -2.34. The highest BCUT2D eigenvalue weighted by molar-refractivity contribution is 6.10. The van der Waals surface area contributed by atoms with E-state index in [1.807, 2.05) is 31.2 Å². The van der Waals surface area contributed by atoms with Crippen molar-refractivity contribution >= 4 is 34.4 Å². The third kappa shape index (κ3) is 2.25. The normalized spacial score (nSPS) is 14.3. The fourth-order valence-electron chi connectivity index (χ4n) is 3.15. The minimum atomic E-state index is -0.182. The maximum absolute atomic E-state index is 12.4. The van der Waals surface area contributed by atoms with Crippen LogP contribution < -0.4 is 10.2 Å². The number of amides is 2. The fraction of sp³-hybridized carbons (Fsp3) is 0.222. The molecule has 0 fully saturated rings. The zero-order chi connectivity index (χ0) is 16.0. The maximum Gasteiger partial charge on any atom is 0.259 e. The largest absolute Gasteiger partial charge is 0.457 e. The van der Waals surface area contributed by atoms with Crippen LogP contribution in [0.25, 0.3) is 11.2 Å². The molecule has 5 heteroatoms. The van der Waals surface area contributed by atoms with Crippen LogP contribution in [0.15, 0.2) is 40.8 Å². The quantitative estimate of drug-likeness (QED) is 0.806. The highest BCUT2D eigenvalue weighted by atomic mass is 16.3. The number of fused-ring (bicyclic) bond motifs is 3. The Labute approximate surface area is 133 Å². The summed E-state index contributed by atoms with van der Waals surface area (Å²) in [5.74, 6) is -0.0279. The van der Waals surface area contributed by atoms with Crippen molar-refractivity contribution in [2.75, 3.05) is 16.8 Å². The minimum Gasteiger partial charge on any atom is -0.457 e. The minimum absolute atomic E-state index is 0.154. The van der Waals surface area contributed by atoms with Crippen LogP contribution in [0, 0.1) is 0 Å². The molecule has 2 amide bonds. The van der Waals surface area contributed by atoms with Gasteiger partial charge in [0.2, 0.25) is 5.91 Å². The van der Waals surface area contributed by atoms with E-state index >= 15 is 0 Å². The number of benzene rings is 2. The van der Waals surface area contributed by atoms with Gasteiger partial charge in [0.25, 0.3) is 5.91 Å². The second kappa shape index (κ2) is 5.12. The van der Waals surface area contributed by atoms with Gasteiger partial charge in [0.05, 0.1) is 5.56 Å². The predicted octanol–water partition coefficient (Wildman–Crippen LogP) is 3.42. The summed E-state index contributed by atoms with van der Waals surface area (Å²) in [6.07, 6.45) is 1.22. The van der Waals surface area contributed by atoms with E-state index in [1.165, 1.54) is 0 Å². The van der Waals surface area contributed by atoms with Crippen molar-refractivity contribution in [2.45, 2.75) is 19.8 Å². The molecule has 1 aliphatic rings. The number of carbonyl (C=O) groups is 2. The van der Waals surface area contributed by atoms with E-state index < -0.39 is 0 Å². The van der Waals surface area contributed by atoms with Gasteiger partial charge in [-0.2, -0.15) is 0 Å². The molecule has 1 aromatic carbocycles. The lowest BCUT2D eigenvalue weighted by atomic mass is 10.0. The van der Waals surface area contributed by atoms with Crippen LogP contribution in [0.2, 0.25) is 0 Å². The van der Waals surface area contributed by atoms with Crippen LogP contribution in [0.1, 0.15) is 29.3 Å². The topological polar surface area (TPSA) is 62.6 Å². The number of nitrogens with zero attached hydrogens (tertiary/aromatic N) is 1. The molecule has 3 aromatic rings. The lowest BCUT2D eigenvalue weighted by Gasteiger charge is -2.28. The van der Waals surface area contributed by atoms with Gasteiger partial charge in [-0.15, -0.1) is 0 Å². The molecule has 0 aliphatic carbocycles. The molecule has 0 radical (unpaired) electrons. The number of hydrogen-bond donors (Lipinski definition) is 1. The van der Waals surface area contributed by atoms with Crippen molar-refractivity contribution in [3.8, 4) is 0 Å². The van der Waals surface area contributed by atoms with Crippen LogP contribution in [-0.2, 0) is 11.2 Å². The average molecular weight is 308 g/mol. The Bertz CT molecular complexity index is 897. The third-order valence-corrected chi connectivity index (χ3v) is 4.28. The molecule has 0 spiro atoms. The molecule has 0 saturated heterocycles. The van der Waals surface area contributed by atoms with E-state index in [4.69, 9.17) is 4.42 Å². The summed E-state index contributed by atoms with van der Waals surface area (Å²) in [6, 6.07) is 11.0. The van der Waals surface area contributed by atoms with Crippen molar-refractivity contribution in [1.29, 1.82) is 0 Å². The zero-order valence-electron chi connectivity index (χ0n) is 12.8. The van der Waals surface area contributed by atoms with Crippen LogP contribution >= 0.6 is 0 Å². The smallest absolute Gasteiger partial charge is 0.259 e. The first-order valence-corrected chi connectivity index (χ1v) is 7.72. The first-order valence-electron chi connectivity index (χ1n) is 7.72. The second-order valence-electron chi connectivity index (χ2n) is 5.70. The van der Waals surface area contributed by atoms with Crippen molar-refractivity contribution in [1.82, 2.24) is 0 Å². The highest BCUT2D eigenvalue weighted by Crippen LogP contribution is 2.30. The first kappa shape index (κ1) is 13.8. The van der Waals surface area contributed by atoms with E-state index in [1.54, 1.807) is 17.0 Å². The van der Waals surface area contributed by atoms with E-state index in [2.05, 4.69) is 5.32 Å². The molecule has 23 heavy (non-hydrogen) atoms. The van der Waals surface area contributed by atoms with Gasteiger partial charge in [-0.3, -0.25) is 9.59 Å². The number of furan rings is 2. The monoisotopic (exact) mass is 308 g/mol.